The summed E-state index contributed by atoms with van der Waals surface area (Å²) in [6.45, 7) is 7.96. The first-order chi connectivity index (χ1) is 7.47. The molecule has 0 saturated carbocycles. The number of carbonyl (C=O) groups is 1. The summed E-state index contributed by atoms with van der Waals surface area (Å²) in [5.41, 5.74) is 0. The molecule has 90 valence electrons. The Bertz CT molecular complexity index is 347. The molecular formula is C12H19NO2S. The van der Waals surface area contributed by atoms with E-state index in [1.54, 1.807) is 11.3 Å². The van der Waals surface area contributed by atoms with E-state index < -0.39 is 5.97 Å². The molecule has 0 atom stereocenters. The molecule has 1 aromatic rings. The molecule has 0 unspecified atom stereocenters. The van der Waals surface area contributed by atoms with E-state index in [1.165, 1.54) is 9.75 Å². The highest BCUT2D eigenvalue weighted by Crippen LogP contribution is 2.17. The highest BCUT2D eigenvalue weighted by molar-refractivity contribution is 7.11. The summed E-state index contributed by atoms with van der Waals surface area (Å²) in [5, 5.41) is 8.84. The van der Waals surface area contributed by atoms with Crippen molar-refractivity contribution in [2.45, 2.75) is 27.3 Å². The number of rotatable bonds is 6. The molecule has 0 aliphatic rings. The summed E-state index contributed by atoms with van der Waals surface area (Å²) in [7, 11) is 0. The standard InChI is InChI=1S/C12H19NO2S/c1-9(2)6-13(8-12(14)15)7-11-5-4-10(3)16-11/h4-5,9H,6-8H2,1-3H3,(H,14,15). The second-order valence-corrected chi connectivity index (χ2v) is 5.84. The van der Waals surface area contributed by atoms with E-state index in [1.807, 2.05) is 4.90 Å². The van der Waals surface area contributed by atoms with E-state index in [0.29, 0.717) is 5.92 Å². The van der Waals surface area contributed by atoms with E-state index in [9.17, 15) is 4.79 Å². The summed E-state index contributed by atoms with van der Waals surface area (Å²) < 4.78 is 0. The lowest BCUT2D eigenvalue weighted by Crippen LogP contribution is -2.32. The molecule has 0 saturated heterocycles. The summed E-state index contributed by atoms with van der Waals surface area (Å²) in [5.74, 6) is -0.269. The fraction of sp³-hybridized carbons (Fsp3) is 0.583. The van der Waals surface area contributed by atoms with E-state index in [0.717, 1.165) is 13.1 Å². The van der Waals surface area contributed by atoms with Gasteiger partial charge in [-0.2, -0.15) is 0 Å². The van der Waals surface area contributed by atoms with Gasteiger partial charge in [-0.25, -0.2) is 0 Å². The zero-order valence-electron chi connectivity index (χ0n) is 10.1. The maximum Gasteiger partial charge on any atom is 0.317 e. The molecule has 0 bridgehead atoms. The lowest BCUT2D eigenvalue weighted by atomic mass is 10.2. The van der Waals surface area contributed by atoms with Crippen LogP contribution in [0, 0.1) is 12.8 Å². The van der Waals surface area contributed by atoms with Gasteiger partial charge in [0.25, 0.3) is 0 Å². The van der Waals surface area contributed by atoms with Crippen LogP contribution in [0.4, 0.5) is 0 Å². The Morgan fingerprint density at radius 3 is 2.62 bits per heavy atom. The summed E-state index contributed by atoms with van der Waals surface area (Å²) in [6.07, 6.45) is 0. The fourth-order valence-corrected chi connectivity index (χ4v) is 2.62. The summed E-state index contributed by atoms with van der Waals surface area (Å²) >= 11 is 1.74. The Labute approximate surface area is 101 Å². The van der Waals surface area contributed by atoms with Crippen molar-refractivity contribution >= 4 is 17.3 Å². The Balaban J connectivity index is 2.58. The molecular weight excluding hydrogens is 222 g/mol. The number of hydrogen-bond donors (Lipinski definition) is 1. The number of carboxylic acids is 1. The van der Waals surface area contributed by atoms with Crippen molar-refractivity contribution in [3.63, 3.8) is 0 Å². The molecule has 1 rings (SSSR count). The van der Waals surface area contributed by atoms with Gasteiger partial charge < -0.3 is 5.11 Å². The Kier molecular flexibility index (Phi) is 4.96. The van der Waals surface area contributed by atoms with Crippen molar-refractivity contribution in [1.82, 2.24) is 4.90 Å². The molecule has 0 spiro atoms. The first-order valence-electron chi connectivity index (χ1n) is 5.47. The van der Waals surface area contributed by atoms with Gasteiger partial charge in [0, 0.05) is 22.8 Å². The minimum atomic E-state index is -0.756. The van der Waals surface area contributed by atoms with Gasteiger partial charge in [-0.1, -0.05) is 13.8 Å². The third kappa shape index (κ3) is 4.77. The van der Waals surface area contributed by atoms with Gasteiger partial charge in [-0.3, -0.25) is 9.69 Å². The summed E-state index contributed by atoms with van der Waals surface area (Å²) in [4.78, 5) is 15.2. The fourth-order valence-electron chi connectivity index (χ4n) is 1.68. The largest absolute Gasteiger partial charge is 0.480 e. The lowest BCUT2D eigenvalue weighted by molar-refractivity contribution is -0.138. The molecule has 0 aliphatic carbocycles. The van der Waals surface area contributed by atoms with Crippen LogP contribution >= 0.6 is 11.3 Å². The molecule has 0 aliphatic heterocycles. The van der Waals surface area contributed by atoms with E-state index in [-0.39, 0.29) is 6.54 Å². The second-order valence-electron chi connectivity index (χ2n) is 4.47. The van der Waals surface area contributed by atoms with Crippen LogP contribution in [0.3, 0.4) is 0 Å². The number of aliphatic carboxylic acids is 1. The van der Waals surface area contributed by atoms with Gasteiger partial charge in [0.15, 0.2) is 0 Å². The van der Waals surface area contributed by atoms with Crippen LogP contribution in [0.15, 0.2) is 12.1 Å². The number of hydrogen-bond acceptors (Lipinski definition) is 3. The molecule has 3 nitrogen and oxygen atoms in total. The Morgan fingerprint density at radius 1 is 1.50 bits per heavy atom. The first-order valence-corrected chi connectivity index (χ1v) is 6.28. The molecule has 1 heterocycles. The molecule has 1 N–H and O–H groups in total. The van der Waals surface area contributed by atoms with E-state index in [2.05, 4.69) is 32.9 Å². The molecule has 0 amide bonds. The van der Waals surface area contributed by atoms with Gasteiger partial charge >= 0.3 is 5.97 Å². The third-order valence-corrected chi connectivity index (χ3v) is 3.14. The summed E-state index contributed by atoms with van der Waals surface area (Å²) in [6, 6.07) is 4.16. The molecule has 0 fully saturated rings. The predicted molar refractivity (Wildman–Crippen MR) is 66.8 cm³/mol. The van der Waals surface area contributed by atoms with E-state index in [4.69, 9.17) is 5.11 Å². The SMILES string of the molecule is Cc1ccc(CN(CC(=O)O)CC(C)C)s1. The smallest absolute Gasteiger partial charge is 0.317 e. The molecule has 0 aromatic carbocycles. The van der Waals surface area contributed by atoms with Crippen molar-refractivity contribution in [2.24, 2.45) is 5.92 Å². The van der Waals surface area contributed by atoms with Crippen molar-refractivity contribution in [1.29, 1.82) is 0 Å². The van der Waals surface area contributed by atoms with Crippen molar-refractivity contribution in [3.8, 4) is 0 Å². The molecule has 1 aromatic heterocycles. The van der Waals surface area contributed by atoms with E-state index >= 15 is 0 Å². The van der Waals surface area contributed by atoms with Crippen molar-refractivity contribution in [2.75, 3.05) is 13.1 Å². The lowest BCUT2D eigenvalue weighted by Gasteiger charge is -2.21. The minimum absolute atomic E-state index is 0.120. The zero-order chi connectivity index (χ0) is 12.1. The average Bonchev–Trinajstić information content (AvgIpc) is 2.48. The topological polar surface area (TPSA) is 40.5 Å². The monoisotopic (exact) mass is 241 g/mol. The normalized spacial score (nSPS) is 11.3. The Morgan fingerprint density at radius 2 is 2.19 bits per heavy atom. The second kappa shape index (κ2) is 6.01. The number of nitrogens with zero attached hydrogens (tertiary/aromatic N) is 1. The maximum atomic E-state index is 10.7. The van der Waals surface area contributed by atoms with Crippen LogP contribution in [0.25, 0.3) is 0 Å². The van der Waals surface area contributed by atoms with Crippen LogP contribution in [0.2, 0.25) is 0 Å². The van der Waals surface area contributed by atoms with Crippen LogP contribution in [-0.4, -0.2) is 29.1 Å². The van der Waals surface area contributed by atoms with Gasteiger partial charge in [0.1, 0.15) is 0 Å². The Hall–Kier alpha value is -0.870. The van der Waals surface area contributed by atoms with Crippen molar-refractivity contribution in [3.05, 3.63) is 21.9 Å². The van der Waals surface area contributed by atoms with Crippen LogP contribution < -0.4 is 0 Å². The number of thiophene rings is 1. The molecule has 16 heavy (non-hydrogen) atoms. The first kappa shape index (κ1) is 13.2. The van der Waals surface area contributed by atoms with Gasteiger partial charge in [-0.15, -0.1) is 11.3 Å². The predicted octanol–water partition coefficient (Wildman–Crippen LogP) is 2.60. The van der Waals surface area contributed by atoms with Gasteiger partial charge in [0.05, 0.1) is 6.54 Å². The quantitative estimate of drug-likeness (QED) is 0.832. The average molecular weight is 241 g/mol. The van der Waals surface area contributed by atoms with Crippen LogP contribution in [0.5, 0.6) is 0 Å². The van der Waals surface area contributed by atoms with Gasteiger partial charge in [0.2, 0.25) is 0 Å². The van der Waals surface area contributed by atoms with Crippen molar-refractivity contribution < 1.29 is 9.90 Å². The molecule has 4 heteroatoms. The number of carboxylic acid groups (broad SMARTS) is 1. The van der Waals surface area contributed by atoms with Gasteiger partial charge in [-0.05, 0) is 25.0 Å². The highest BCUT2D eigenvalue weighted by atomic mass is 32.1. The minimum Gasteiger partial charge on any atom is -0.480 e. The molecule has 0 radical (unpaired) electrons. The maximum absolute atomic E-state index is 10.7. The highest BCUT2D eigenvalue weighted by Gasteiger charge is 2.12. The number of aryl methyl sites for hydroxylation is 1. The van der Waals surface area contributed by atoms with Crippen LogP contribution in [0.1, 0.15) is 23.6 Å². The third-order valence-electron chi connectivity index (χ3n) is 2.16. The zero-order valence-corrected chi connectivity index (χ0v) is 10.9. The van der Waals surface area contributed by atoms with Crippen LogP contribution in [-0.2, 0) is 11.3 Å².